The number of benzene rings is 2. The van der Waals surface area contributed by atoms with Gasteiger partial charge in [-0.2, -0.15) is 0 Å². The molecule has 4 heteroatoms. The molecule has 0 aromatic heterocycles. The van der Waals surface area contributed by atoms with Crippen LogP contribution in [0.5, 0.6) is 0 Å². The number of anilines is 1. The molecule has 4 nitrogen and oxygen atoms in total. The lowest BCUT2D eigenvalue weighted by Gasteiger charge is -2.25. The molecule has 1 aliphatic rings. The van der Waals surface area contributed by atoms with E-state index in [1.54, 1.807) is 12.1 Å². The average Bonchev–Trinajstić information content (AvgIpc) is 2.54. The second kappa shape index (κ2) is 5.97. The zero-order valence-corrected chi connectivity index (χ0v) is 11.8. The molecule has 1 aliphatic carbocycles. The lowest BCUT2D eigenvalue weighted by atomic mass is 9.88. The van der Waals surface area contributed by atoms with Crippen LogP contribution in [0.2, 0.25) is 0 Å². The predicted octanol–water partition coefficient (Wildman–Crippen LogP) is 2.26. The van der Waals surface area contributed by atoms with Gasteiger partial charge in [-0.25, -0.2) is 0 Å². The quantitative estimate of drug-likeness (QED) is 0.597. The number of hydrazine groups is 1. The summed E-state index contributed by atoms with van der Waals surface area (Å²) < 4.78 is 0. The number of hydrogen-bond donors (Lipinski definition) is 3. The van der Waals surface area contributed by atoms with Crippen LogP contribution in [0.25, 0.3) is 0 Å². The van der Waals surface area contributed by atoms with Crippen molar-refractivity contribution < 1.29 is 4.79 Å². The van der Waals surface area contributed by atoms with E-state index >= 15 is 0 Å². The number of fused-ring (bicyclic) bond motifs is 1. The molecule has 1 amide bonds. The van der Waals surface area contributed by atoms with E-state index in [2.05, 4.69) is 35.0 Å². The Hall–Kier alpha value is -2.33. The molecule has 0 aliphatic heterocycles. The van der Waals surface area contributed by atoms with E-state index in [4.69, 9.17) is 5.84 Å². The largest absolute Gasteiger partial charge is 0.349 e. The molecule has 0 radical (unpaired) electrons. The third kappa shape index (κ3) is 2.90. The van der Waals surface area contributed by atoms with Crippen molar-refractivity contribution in [2.75, 3.05) is 5.43 Å². The van der Waals surface area contributed by atoms with Gasteiger partial charge in [0.1, 0.15) is 0 Å². The molecule has 0 spiro atoms. The molecule has 1 atom stereocenters. The minimum atomic E-state index is -0.0760. The van der Waals surface area contributed by atoms with E-state index in [1.807, 2.05) is 12.1 Å². The van der Waals surface area contributed by atoms with E-state index in [1.165, 1.54) is 11.1 Å². The van der Waals surface area contributed by atoms with Crippen molar-refractivity contribution in [3.05, 3.63) is 65.2 Å². The Bertz CT molecular complexity index is 654. The molecule has 0 saturated heterocycles. The Morgan fingerprint density at radius 3 is 2.57 bits per heavy atom. The van der Waals surface area contributed by atoms with Crippen LogP contribution < -0.4 is 16.6 Å². The van der Waals surface area contributed by atoms with Crippen LogP contribution in [0.4, 0.5) is 5.69 Å². The summed E-state index contributed by atoms with van der Waals surface area (Å²) in [6.45, 7) is 0. The van der Waals surface area contributed by atoms with E-state index in [-0.39, 0.29) is 11.9 Å². The molecule has 0 bridgehead atoms. The maximum Gasteiger partial charge on any atom is 0.253 e. The number of nitrogens with two attached hydrogens (primary N) is 1. The predicted molar refractivity (Wildman–Crippen MR) is 84.0 cm³/mol. The highest BCUT2D eigenvalue weighted by Crippen LogP contribution is 2.22. The Morgan fingerprint density at radius 2 is 1.76 bits per heavy atom. The smallest absolute Gasteiger partial charge is 0.253 e. The molecule has 0 heterocycles. The zero-order valence-electron chi connectivity index (χ0n) is 11.8. The maximum atomic E-state index is 12.4. The Kier molecular flexibility index (Phi) is 3.88. The highest BCUT2D eigenvalue weighted by Gasteiger charge is 2.21. The van der Waals surface area contributed by atoms with E-state index in [0.29, 0.717) is 11.3 Å². The van der Waals surface area contributed by atoms with Crippen LogP contribution in [-0.4, -0.2) is 11.9 Å². The van der Waals surface area contributed by atoms with Crippen molar-refractivity contribution in [3.63, 3.8) is 0 Å². The van der Waals surface area contributed by atoms with Crippen LogP contribution >= 0.6 is 0 Å². The van der Waals surface area contributed by atoms with Gasteiger partial charge in [0.15, 0.2) is 0 Å². The minimum absolute atomic E-state index is 0.0760. The summed E-state index contributed by atoms with van der Waals surface area (Å²) >= 11 is 0. The van der Waals surface area contributed by atoms with Crippen LogP contribution in [0.15, 0.2) is 48.5 Å². The topological polar surface area (TPSA) is 67.1 Å². The van der Waals surface area contributed by atoms with Crippen LogP contribution in [0.1, 0.15) is 27.9 Å². The van der Waals surface area contributed by atoms with Crippen molar-refractivity contribution in [1.29, 1.82) is 0 Å². The number of rotatable bonds is 3. The Labute approximate surface area is 124 Å². The third-order valence-electron chi connectivity index (χ3n) is 4.01. The lowest BCUT2D eigenvalue weighted by Crippen LogP contribution is -2.39. The Morgan fingerprint density at radius 1 is 1.05 bits per heavy atom. The zero-order chi connectivity index (χ0) is 14.7. The number of carbonyl (C=O) groups excluding carboxylic acids is 1. The van der Waals surface area contributed by atoms with Gasteiger partial charge >= 0.3 is 0 Å². The molecular formula is C17H19N3O. The number of amides is 1. The monoisotopic (exact) mass is 281 g/mol. The van der Waals surface area contributed by atoms with Crippen molar-refractivity contribution in [2.45, 2.75) is 25.3 Å². The fraction of sp³-hybridized carbons (Fsp3) is 0.235. The first kappa shape index (κ1) is 13.6. The fourth-order valence-electron chi connectivity index (χ4n) is 2.89. The molecule has 21 heavy (non-hydrogen) atoms. The highest BCUT2D eigenvalue weighted by molar-refractivity contribution is 5.99. The molecule has 2 aromatic carbocycles. The Balaban J connectivity index is 1.72. The second-order valence-corrected chi connectivity index (χ2v) is 5.37. The van der Waals surface area contributed by atoms with Crippen molar-refractivity contribution >= 4 is 11.6 Å². The highest BCUT2D eigenvalue weighted by atomic mass is 16.1. The van der Waals surface area contributed by atoms with Gasteiger partial charge in [-0.05, 0) is 42.5 Å². The third-order valence-corrected chi connectivity index (χ3v) is 4.01. The number of aryl methyl sites for hydroxylation is 1. The van der Waals surface area contributed by atoms with Crippen molar-refractivity contribution in [3.8, 4) is 0 Å². The van der Waals surface area contributed by atoms with E-state index < -0.39 is 0 Å². The molecular weight excluding hydrogens is 262 g/mol. The van der Waals surface area contributed by atoms with Crippen molar-refractivity contribution in [1.82, 2.24) is 5.32 Å². The second-order valence-electron chi connectivity index (χ2n) is 5.37. The first-order chi connectivity index (χ1) is 10.3. The summed E-state index contributed by atoms with van der Waals surface area (Å²) in [6, 6.07) is 15.9. The summed E-state index contributed by atoms with van der Waals surface area (Å²) in [4.78, 5) is 12.4. The van der Waals surface area contributed by atoms with Gasteiger partial charge in [-0.1, -0.05) is 36.4 Å². The SMILES string of the molecule is NNc1ccccc1C(=O)NC1CCc2ccccc2C1. The summed E-state index contributed by atoms with van der Waals surface area (Å²) in [5, 5.41) is 3.12. The van der Waals surface area contributed by atoms with Crippen LogP contribution in [0, 0.1) is 0 Å². The summed E-state index contributed by atoms with van der Waals surface area (Å²) in [7, 11) is 0. The van der Waals surface area contributed by atoms with E-state index in [9.17, 15) is 4.79 Å². The fourth-order valence-corrected chi connectivity index (χ4v) is 2.89. The van der Waals surface area contributed by atoms with Gasteiger partial charge in [0.2, 0.25) is 0 Å². The summed E-state index contributed by atoms with van der Waals surface area (Å²) in [5.74, 6) is 5.38. The number of carbonyl (C=O) groups is 1. The van der Waals surface area contributed by atoms with Gasteiger partial charge in [0.05, 0.1) is 11.3 Å². The van der Waals surface area contributed by atoms with Crippen LogP contribution in [0.3, 0.4) is 0 Å². The number of hydrogen-bond acceptors (Lipinski definition) is 3. The molecule has 4 N–H and O–H groups in total. The van der Waals surface area contributed by atoms with Gasteiger partial charge < -0.3 is 10.7 Å². The molecule has 3 rings (SSSR count). The molecule has 1 unspecified atom stereocenters. The standard InChI is InChI=1S/C17H19N3O/c18-20-16-8-4-3-7-15(16)17(21)19-14-10-9-12-5-1-2-6-13(12)11-14/h1-8,14,20H,9-11,18H2,(H,19,21). The van der Waals surface area contributed by atoms with Gasteiger partial charge in [-0.15, -0.1) is 0 Å². The van der Waals surface area contributed by atoms with Gasteiger partial charge in [0.25, 0.3) is 5.91 Å². The summed E-state index contributed by atoms with van der Waals surface area (Å²) in [5.41, 5.74) is 6.52. The molecule has 108 valence electrons. The van der Waals surface area contributed by atoms with Crippen LogP contribution in [-0.2, 0) is 12.8 Å². The summed E-state index contributed by atoms with van der Waals surface area (Å²) in [6.07, 6.45) is 2.87. The van der Waals surface area contributed by atoms with E-state index in [0.717, 1.165) is 19.3 Å². The average molecular weight is 281 g/mol. The normalized spacial score (nSPS) is 16.9. The number of para-hydroxylation sites is 1. The number of nitrogen functional groups attached to an aromatic ring is 1. The molecule has 2 aromatic rings. The minimum Gasteiger partial charge on any atom is -0.349 e. The first-order valence-corrected chi connectivity index (χ1v) is 7.21. The molecule has 0 fully saturated rings. The number of nitrogens with one attached hydrogen (secondary N) is 2. The maximum absolute atomic E-state index is 12.4. The van der Waals surface area contributed by atoms with Crippen molar-refractivity contribution in [2.24, 2.45) is 5.84 Å². The first-order valence-electron chi connectivity index (χ1n) is 7.21. The lowest BCUT2D eigenvalue weighted by molar-refractivity contribution is 0.0934. The van der Waals surface area contributed by atoms with Gasteiger partial charge in [0, 0.05) is 6.04 Å². The van der Waals surface area contributed by atoms with Gasteiger partial charge in [-0.3, -0.25) is 10.6 Å². The molecule has 0 saturated carbocycles.